The van der Waals surface area contributed by atoms with Crippen molar-refractivity contribution in [1.82, 2.24) is 4.90 Å². The highest BCUT2D eigenvalue weighted by Gasteiger charge is 2.23. The zero-order valence-electron chi connectivity index (χ0n) is 12.0. The van der Waals surface area contributed by atoms with Crippen molar-refractivity contribution < 1.29 is 0 Å². The molecule has 98 valence electrons. The van der Waals surface area contributed by atoms with Crippen molar-refractivity contribution in [3.63, 3.8) is 0 Å². The van der Waals surface area contributed by atoms with Crippen LogP contribution in [0.15, 0.2) is 0 Å². The average Bonchev–Trinajstić information content (AvgIpc) is 2.27. The van der Waals surface area contributed by atoms with E-state index < -0.39 is 0 Å². The smallest absolute Gasteiger partial charge is 0.0246 e. The number of rotatable bonds is 9. The zero-order valence-corrected chi connectivity index (χ0v) is 12.0. The Morgan fingerprint density at radius 2 is 1.69 bits per heavy atom. The number of hydrogen-bond donors (Lipinski definition) is 1. The van der Waals surface area contributed by atoms with Crippen LogP contribution in [-0.2, 0) is 0 Å². The maximum absolute atomic E-state index is 5.95. The molecule has 0 aromatic rings. The van der Waals surface area contributed by atoms with Crippen LogP contribution >= 0.6 is 0 Å². The first kappa shape index (κ1) is 15.9. The molecule has 0 aromatic heterocycles. The van der Waals surface area contributed by atoms with Gasteiger partial charge in [-0.25, -0.2) is 0 Å². The molecule has 2 nitrogen and oxygen atoms in total. The number of nitrogens with two attached hydrogens (primary N) is 1. The molecule has 0 radical (unpaired) electrons. The fraction of sp³-hybridized carbons (Fsp3) is 1.00. The van der Waals surface area contributed by atoms with Gasteiger partial charge in [-0.2, -0.15) is 0 Å². The highest BCUT2D eigenvalue weighted by Crippen LogP contribution is 2.17. The third-order valence-electron chi connectivity index (χ3n) is 3.65. The van der Waals surface area contributed by atoms with Gasteiger partial charge in [0.25, 0.3) is 0 Å². The highest BCUT2D eigenvalue weighted by atomic mass is 15.2. The number of nitrogens with zero attached hydrogens (tertiary/aromatic N) is 1. The molecule has 0 fully saturated rings. The Hall–Kier alpha value is -0.0800. The number of hydrogen-bond acceptors (Lipinski definition) is 2. The lowest BCUT2D eigenvalue weighted by Gasteiger charge is -2.37. The van der Waals surface area contributed by atoms with Crippen molar-refractivity contribution in [2.45, 2.75) is 72.4 Å². The Labute approximate surface area is 103 Å². The predicted octanol–water partition coefficient (Wildman–Crippen LogP) is 3.26. The van der Waals surface area contributed by atoms with Crippen molar-refractivity contribution in [1.29, 1.82) is 0 Å². The molecule has 0 bridgehead atoms. The van der Waals surface area contributed by atoms with Gasteiger partial charge in [-0.1, -0.05) is 40.0 Å². The van der Waals surface area contributed by atoms with Gasteiger partial charge in [-0.05, 0) is 32.7 Å². The van der Waals surface area contributed by atoms with Gasteiger partial charge in [-0.3, -0.25) is 4.90 Å². The lowest BCUT2D eigenvalue weighted by atomic mass is 9.96. The summed E-state index contributed by atoms with van der Waals surface area (Å²) in [5, 5.41) is 0. The Morgan fingerprint density at radius 3 is 2.06 bits per heavy atom. The molecule has 16 heavy (non-hydrogen) atoms. The van der Waals surface area contributed by atoms with Crippen LogP contribution in [0.1, 0.15) is 60.3 Å². The summed E-state index contributed by atoms with van der Waals surface area (Å²) in [7, 11) is 0. The monoisotopic (exact) mass is 228 g/mol. The van der Waals surface area contributed by atoms with Crippen LogP contribution < -0.4 is 5.73 Å². The van der Waals surface area contributed by atoms with E-state index in [1.54, 1.807) is 0 Å². The fourth-order valence-electron chi connectivity index (χ4n) is 2.32. The second-order valence-electron chi connectivity index (χ2n) is 5.23. The second-order valence-corrected chi connectivity index (χ2v) is 5.23. The van der Waals surface area contributed by atoms with Crippen LogP contribution in [0.2, 0.25) is 0 Å². The van der Waals surface area contributed by atoms with Crippen LogP contribution in [0.5, 0.6) is 0 Å². The highest BCUT2D eigenvalue weighted by molar-refractivity contribution is 4.79. The molecule has 0 heterocycles. The summed E-state index contributed by atoms with van der Waals surface area (Å²) in [5.74, 6) is 0.703. The molecule has 2 heteroatoms. The summed E-state index contributed by atoms with van der Waals surface area (Å²) in [5.41, 5.74) is 5.95. The predicted molar refractivity (Wildman–Crippen MR) is 73.7 cm³/mol. The fourth-order valence-corrected chi connectivity index (χ4v) is 2.32. The van der Waals surface area contributed by atoms with Crippen LogP contribution in [0.4, 0.5) is 0 Å². The van der Waals surface area contributed by atoms with Crippen LogP contribution in [0.25, 0.3) is 0 Å². The largest absolute Gasteiger partial charge is 0.329 e. The minimum atomic E-state index is 0.557. The molecule has 0 aliphatic carbocycles. The molecule has 0 amide bonds. The van der Waals surface area contributed by atoms with Gasteiger partial charge < -0.3 is 5.73 Å². The Bertz CT molecular complexity index is 157. The van der Waals surface area contributed by atoms with Crippen LogP contribution in [0.3, 0.4) is 0 Å². The Morgan fingerprint density at radius 1 is 1.06 bits per heavy atom. The quantitative estimate of drug-likeness (QED) is 0.614. The van der Waals surface area contributed by atoms with Gasteiger partial charge in [0.15, 0.2) is 0 Å². The van der Waals surface area contributed by atoms with E-state index in [0.717, 1.165) is 6.54 Å². The minimum absolute atomic E-state index is 0.557. The maximum atomic E-state index is 5.95. The summed E-state index contributed by atoms with van der Waals surface area (Å²) < 4.78 is 0. The van der Waals surface area contributed by atoms with E-state index in [1.165, 1.54) is 32.2 Å². The average molecular weight is 228 g/mol. The lowest BCUT2D eigenvalue weighted by molar-refractivity contribution is 0.112. The van der Waals surface area contributed by atoms with E-state index in [2.05, 4.69) is 39.5 Å². The third-order valence-corrected chi connectivity index (χ3v) is 3.65. The van der Waals surface area contributed by atoms with E-state index in [0.29, 0.717) is 18.0 Å². The van der Waals surface area contributed by atoms with Gasteiger partial charge in [0.05, 0.1) is 0 Å². The summed E-state index contributed by atoms with van der Waals surface area (Å²) in [6.07, 6.45) is 5.16. The molecular formula is C14H32N2. The molecule has 0 aliphatic rings. The van der Waals surface area contributed by atoms with E-state index in [-0.39, 0.29) is 0 Å². The SMILES string of the molecule is CCCCCN(C(C)C)C(CN)C(C)CC. The van der Waals surface area contributed by atoms with Crippen molar-refractivity contribution in [2.75, 3.05) is 13.1 Å². The molecular weight excluding hydrogens is 196 g/mol. The van der Waals surface area contributed by atoms with Crippen LogP contribution in [0, 0.1) is 5.92 Å². The van der Waals surface area contributed by atoms with Gasteiger partial charge in [0.1, 0.15) is 0 Å². The molecule has 2 atom stereocenters. The van der Waals surface area contributed by atoms with Gasteiger partial charge in [0, 0.05) is 18.6 Å². The van der Waals surface area contributed by atoms with Gasteiger partial charge in [-0.15, -0.1) is 0 Å². The van der Waals surface area contributed by atoms with Crippen LogP contribution in [-0.4, -0.2) is 30.1 Å². The van der Waals surface area contributed by atoms with Crippen molar-refractivity contribution in [3.05, 3.63) is 0 Å². The van der Waals surface area contributed by atoms with Gasteiger partial charge >= 0.3 is 0 Å². The minimum Gasteiger partial charge on any atom is -0.329 e. The second kappa shape index (κ2) is 9.00. The lowest BCUT2D eigenvalue weighted by Crippen LogP contribution is -2.48. The van der Waals surface area contributed by atoms with E-state index >= 15 is 0 Å². The van der Waals surface area contributed by atoms with Crippen molar-refractivity contribution in [2.24, 2.45) is 11.7 Å². The summed E-state index contributed by atoms with van der Waals surface area (Å²) in [6, 6.07) is 1.17. The summed E-state index contributed by atoms with van der Waals surface area (Å²) >= 11 is 0. The molecule has 0 aliphatic heterocycles. The third kappa shape index (κ3) is 5.31. The summed E-state index contributed by atoms with van der Waals surface area (Å²) in [6.45, 7) is 13.4. The summed E-state index contributed by atoms with van der Waals surface area (Å²) in [4.78, 5) is 2.60. The molecule has 2 N–H and O–H groups in total. The first-order valence-electron chi connectivity index (χ1n) is 7.04. The van der Waals surface area contributed by atoms with Crippen molar-refractivity contribution >= 4 is 0 Å². The number of unbranched alkanes of at least 4 members (excludes halogenated alkanes) is 2. The first-order valence-corrected chi connectivity index (χ1v) is 7.04. The standard InChI is InChI=1S/C14H32N2/c1-6-8-9-10-16(12(3)4)14(11-15)13(5)7-2/h12-14H,6-11,15H2,1-5H3. The van der Waals surface area contributed by atoms with E-state index in [1.807, 2.05) is 0 Å². The first-order chi connectivity index (χ1) is 7.58. The van der Waals surface area contributed by atoms with Crippen molar-refractivity contribution in [3.8, 4) is 0 Å². The Kier molecular flexibility index (Phi) is 8.96. The van der Waals surface area contributed by atoms with E-state index in [9.17, 15) is 0 Å². The zero-order chi connectivity index (χ0) is 12.6. The maximum Gasteiger partial charge on any atom is 0.0246 e. The Balaban J connectivity index is 4.34. The molecule has 2 unspecified atom stereocenters. The topological polar surface area (TPSA) is 29.3 Å². The molecule has 0 spiro atoms. The normalized spacial score (nSPS) is 15.8. The molecule has 0 saturated heterocycles. The molecule has 0 rings (SSSR count). The van der Waals surface area contributed by atoms with E-state index in [4.69, 9.17) is 5.73 Å². The molecule has 0 aromatic carbocycles. The molecule has 0 saturated carbocycles. The van der Waals surface area contributed by atoms with Gasteiger partial charge in [0.2, 0.25) is 0 Å².